The molecule has 2 nitrogen and oxygen atoms in total. The number of hydrogen-bond acceptors (Lipinski definition) is 2. The highest BCUT2D eigenvalue weighted by Gasteiger charge is 2.12. The van der Waals surface area contributed by atoms with Crippen LogP contribution in [0.25, 0.3) is 0 Å². The molecule has 114 valence electrons. The fourth-order valence-electron chi connectivity index (χ4n) is 2.49. The number of rotatable bonds is 9. The van der Waals surface area contributed by atoms with Crippen molar-refractivity contribution in [3.8, 4) is 0 Å². The van der Waals surface area contributed by atoms with Gasteiger partial charge in [-0.1, -0.05) is 61.7 Å². The summed E-state index contributed by atoms with van der Waals surface area (Å²) in [6.45, 7) is 10.2. The molecule has 1 aromatic rings. The van der Waals surface area contributed by atoms with E-state index in [-0.39, 0.29) is 6.04 Å². The SMILES string of the molecule is CCC(CC)CN(CC)CCC(N)c1ccc(Br)cc1. The van der Waals surface area contributed by atoms with Crippen molar-refractivity contribution in [2.75, 3.05) is 19.6 Å². The van der Waals surface area contributed by atoms with Crippen LogP contribution in [0.3, 0.4) is 0 Å². The Morgan fingerprint density at radius 2 is 1.70 bits per heavy atom. The predicted molar refractivity (Wildman–Crippen MR) is 91.9 cm³/mol. The van der Waals surface area contributed by atoms with Gasteiger partial charge >= 0.3 is 0 Å². The molecule has 0 aliphatic carbocycles. The van der Waals surface area contributed by atoms with Crippen LogP contribution >= 0.6 is 15.9 Å². The third-order valence-corrected chi connectivity index (χ3v) is 4.70. The lowest BCUT2D eigenvalue weighted by Gasteiger charge is -2.26. The summed E-state index contributed by atoms with van der Waals surface area (Å²) in [6, 6.07) is 8.50. The number of nitrogens with two attached hydrogens (primary N) is 1. The lowest BCUT2D eigenvalue weighted by atomic mass is 10.0. The van der Waals surface area contributed by atoms with Gasteiger partial charge in [0.25, 0.3) is 0 Å². The fourth-order valence-corrected chi connectivity index (χ4v) is 2.75. The summed E-state index contributed by atoms with van der Waals surface area (Å²) < 4.78 is 1.11. The second-order valence-electron chi connectivity index (χ2n) is 5.52. The van der Waals surface area contributed by atoms with E-state index in [1.807, 2.05) is 0 Å². The Balaban J connectivity index is 2.45. The second-order valence-corrected chi connectivity index (χ2v) is 6.44. The molecule has 0 fully saturated rings. The van der Waals surface area contributed by atoms with E-state index in [1.54, 1.807) is 0 Å². The Bertz CT molecular complexity index is 360. The molecule has 0 aliphatic heterocycles. The molecule has 0 saturated carbocycles. The first kappa shape index (κ1) is 17.7. The van der Waals surface area contributed by atoms with Crippen molar-refractivity contribution >= 4 is 15.9 Å². The van der Waals surface area contributed by atoms with Crippen LogP contribution in [0, 0.1) is 5.92 Å². The van der Waals surface area contributed by atoms with Gasteiger partial charge in [0.1, 0.15) is 0 Å². The van der Waals surface area contributed by atoms with Gasteiger partial charge in [-0.05, 0) is 43.1 Å². The first-order valence-corrected chi connectivity index (χ1v) is 8.63. The van der Waals surface area contributed by atoms with E-state index >= 15 is 0 Å². The van der Waals surface area contributed by atoms with E-state index in [4.69, 9.17) is 5.73 Å². The van der Waals surface area contributed by atoms with Crippen molar-refractivity contribution in [1.82, 2.24) is 4.90 Å². The van der Waals surface area contributed by atoms with Crippen LogP contribution in [-0.2, 0) is 0 Å². The lowest BCUT2D eigenvalue weighted by molar-refractivity contribution is 0.226. The monoisotopic (exact) mass is 340 g/mol. The van der Waals surface area contributed by atoms with E-state index in [2.05, 4.69) is 65.9 Å². The number of benzene rings is 1. The zero-order chi connectivity index (χ0) is 15.0. The molecule has 0 radical (unpaired) electrons. The van der Waals surface area contributed by atoms with Crippen LogP contribution in [-0.4, -0.2) is 24.5 Å². The fraction of sp³-hybridized carbons (Fsp3) is 0.647. The average molecular weight is 341 g/mol. The van der Waals surface area contributed by atoms with Crippen molar-refractivity contribution in [1.29, 1.82) is 0 Å². The van der Waals surface area contributed by atoms with E-state index in [0.717, 1.165) is 29.9 Å². The van der Waals surface area contributed by atoms with Gasteiger partial charge in [0.05, 0.1) is 0 Å². The molecule has 20 heavy (non-hydrogen) atoms. The molecule has 0 aromatic heterocycles. The van der Waals surface area contributed by atoms with Crippen LogP contribution in [0.5, 0.6) is 0 Å². The number of hydrogen-bond donors (Lipinski definition) is 1. The van der Waals surface area contributed by atoms with Crippen molar-refractivity contribution < 1.29 is 0 Å². The smallest absolute Gasteiger partial charge is 0.0307 e. The highest BCUT2D eigenvalue weighted by Crippen LogP contribution is 2.18. The second kappa shape index (κ2) is 9.54. The maximum atomic E-state index is 6.30. The summed E-state index contributed by atoms with van der Waals surface area (Å²) in [4.78, 5) is 2.54. The van der Waals surface area contributed by atoms with Crippen molar-refractivity contribution in [3.63, 3.8) is 0 Å². The molecule has 0 amide bonds. The summed E-state index contributed by atoms with van der Waals surface area (Å²) >= 11 is 3.46. The van der Waals surface area contributed by atoms with Crippen molar-refractivity contribution in [2.45, 2.75) is 46.1 Å². The van der Waals surface area contributed by atoms with E-state index in [1.165, 1.54) is 24.9 Å². The molecule has 1 unspecified atom stereocenters. The molecule has 0 saturated heterocycles. The highest BCUT2D eigenvalue weighted by atomic mass is 79.9. The molecule has 2 N–H and O–H groups in total. The van der Waals surface area contributed by atoms with E-state index in [0.29, 0.717) is 0 Å². The molecule has 0 spiro atoms. The van der Waals surface area contributed by atoms with Gasteiger partial charge in [-0.15, -0.1) is 0 Å². The van der Waals surface area contributed by atoms with Gasteiger partial charge in [-0.25, -0.2) is 0 Å². The summed E-state index contributed by atoms with van der Waals surface area (Å²) in [5.74, 6) is 0.818. The van der Waals surface area contributed by atoms with E-state index in [9.17, 15) is 0 Å². The molecular formula is C17H29BrN2. The Kier molecular flexibility index (Phi) is 8.43. The molecular weight excluding hydrogens is 312 g/mol. The molecule has 0 bridgehead atoms. The summed E-state index contributed by atoms with van der Waals surface area (Å²) in [6.07, 6.45) is 3.56. The molecule has 1 rings (SSSR count). The Morgan fingerprint density at radius 3 is 2.20 bits per heavy atom. The number of nitrogens with zero attached hydrogens (tertiary/aromatic N) is 1. The summed E-state index contributed by atoms with van der Waals surface area (Å²) in [5, 5.41) is 0. The minimum atomic E-state index is 0.138. The minimum absolute atomic E-state index is 0.138. The molecule has 1 aromatic carbocycles. The van der Waals surface area contributed by atoms with Gasteiger partial charge in [0, 0.05) is 17.1 Å². The first-order valence-electron chi connectivity index (χ1n) is 7.84. The highest BCUT2D eigenvalue weighted by molar-refractivity contribution is 9.10. The zero-order valence-electron chi connectivity index (χ0n) is 13.1. The molecule has 0 aliphatic rings. The van der Waals surface area contributed by atoms with Gasteiger partial charge in [-0.3, -0.25) is 0 Å². The maximum absolute atomic E-state index is 6.30. The average Bonchev–Trinajstić information content (AvgIpc) is 2.48. The van der Waals surface area contributed by atoms with Gasteiger partial charge in [0.2, 0.25) is 0 Å². The third-order valence-electron chi connectivity index (χ3n) is 4.17. The normalized spacial score (nSPS) is 13.2. The molecule has 0 heterocycles. The van der Waals surface area contributed by atoms with Crippen LogP contribution in [0.1, 0.15) is 51.6 Å². The third kappa shape index (κ3) is 5.94. The van der Waals surface area contributed by atoms with Crippen LogP contribution in [0.2, 0.25) is 0 Å². The van der Waals surface area contributed by atoms with Crippen LogP contribution in [0.4, 0.5) is 0 Å². The van der Waals surface area contributed by atoms with Crippen molar-refractivity contribution in [3.05, 3.63) is 34.3 Å². The first-order chi connectivity index (χ1) is 9.60. The Labute approximate surface area is 132 Å². The summed E-state index contributed by atoms with van der Waals surface area (Å²) in [5.41, 5.74) is 7.53. The Hall–Kier alpha value is -0.380. The molecule has 3 heteroatoms. The predicted octanol–water partition coefficient (Wildman–Crippen LogP) is 4.60. The minimum Gasteiger partial charge on any atom is -0.324 e. The standard InChI is InChI=1S/C17H29BrN2/c1-4-14(5-2)13-20(6-3)12-11-17(19)15-7-9-16(18)10-8-15/h7-10,14,17H,4-6,11-13,19H2,1-3H3. The van der Waals surface area contributed by atoms with Gasteiger partial charge < -0.3 is 10.6 Å². The van der Waals surface area contributed by atoms with Gasteiger partial charge in [-0.2, -0.15) is 0 Å². The van der Waals surface area contributed by atoms with Crippen molar-refractivity contribution in [2.24, 2.45) is 11.7 Å². The largest absolute Gasteiger partial charge is 0.324 e. The topological polar surface area (TPSA) is 29.3 Å². The van der Waals surface area contributed by atoms with Crippen LogP contribution < -0.4 is 5.73 Å². The van der Waals surface area contributed by atoms with E-state index < -0.39 is 0 Å². The lowest BCUT2D eigenvalue weighted by Crippen LogP contribution is -2.31. The maximum Gasteiger partial charge on any atom is 0.0307 e. The van der Waals surface area contributed by atoms with Crippen LogP contribution in [0.15, 0.2) is 28.7 Å². The molecule has 1 atom stereocenters. The van der Waals surface area contributed by atoms with Gasteiger partial charge in [0.15, 0.2) is 0 Å². The number of halogens is 1. The zero-order valence-corrected chi connectivity index (χ0v) is 14.7. The summed E-state index contributed by atoms with van der Waals surface area (Å²) in [7, 11) is 0. The quantitative estimate of drug-likeness (QED) is 0.711. The Morgan fingerprint density at radius 1 is 1.10 bits per heavy atom.